The summed E-state index contributed by atoms with van der Waals surface area (Å²) in [6.07, 6.45) is 0.569. The Morgan fingerprint density at radius 3 is 2.26 bits per heavy atom. The number of carboxylic acids is 2. The minimum absolute atomic E-state index is 0.229. The molecule has 220 valence electrons. The number of carboxylic acid groups (broad SMARTS) is 2. The highest BCUT2D eigenvalue weighted by Crippen LogP contribution is 2.31. The molecule has 0 amide bonds. The van der Waals surface area contributed by atoms with Gasteiger partial charge in [-0.2, -0.15) is 18.3 Å². The Hall–Kier alpha value is -5.30. The molecule has 0 radical (unpaired) electrons. The Kier molecular flexibility index (Phi) is 8.34. The van der Waals surface area contributed by atoms with Gasteiger partial charge in [-0.25, -0.2) is 24.1 Å². The van der Waals surface area contributed by atoms with Crippen molar-refractivity contribution < 1.29 is 37.7 Å². The Labute approximate surface area is 242 Å². The van der Waals surface area contributed by atoms with Gasteiger partial charge >= 0.3 is 18.1 Å². The molecule has 0 saturated carbocycles. The highest BCUT2D eigenvalue weighted by atomic mass is 19.4. The highest BCUT2D eigenvalue weighted by Gasteiger charge is 2.38. The summed E-state index contributed by atoms with van der Waals surface area (Å²) in [5, 5.41) is 22.2. The van der Waals surface area contributed by atoms with E-state index in [1.807, 2.05) is 53.1 Å². The number of ether oxygens (including phenoxy) is 1. The van der Waals surface area contributed by atoms with Crippen LogP contribution in [0.2, 0.25) is 0 Å². The number of halogens is 3. The molecule has 0 spiro atoms. The molecule has 2 aromatic carbocycles. The van der Waals surface area contributed by atoms with Gasteiger partial charge in [0.2, 0.25) is 0 Å². The summed E-state index contributed by atoms with van der Waals surface area (Å²) in [5.74, 6) is -3.72. The van der Waals surface area contributed by atoms with E-state index in [2.05, 4.69) is 16.1 Å². The maximum Gasteiger partial charge on any atom is 0.490 e. The third-order valence-corrected chi connectivity index (χ3v) is 6.56. The molecule has 10 nitrogen and oxygen atoms in total. The summed E-state index contributed by atoms with van der Waals surface area (Å²) < 4.78 is 39.1. The van der Waals surface area contributed by atoms with E-state index in [4.69, 9.17) is 24.6 Å². The van der Waals surface area contributed by atoms with Gasteiger partial charge < -0.3 is 19.8 Å². The molecule has 1 aliphatic heterocycles. The summed E-state index contributed by atoms with van der Waals surface area (Å²) in [6, 6.07) is 20.8. The van der Waals surface area contributed by atoms with E-state index in [9.17, 15) is 23.1 Å². The number of pyridine rings is 1. The third-order valence-electron chi connectivity index (χ3n) is 6.56. The lowest BCUT2D eigenvalue weighted by Gasteiger charge is -2.28. The summed E-state index contributed by atoms with van der Waals surface area (Å²) in [5.41, 5.74) is 6.03. The predicted molar refractivity (Wildman–Crippen MR) is 153 cm³/mol. The number of aromatic carboxylic acids is 1. The van der Waals surface area contributed by atoms with Crippen molar-refractivity contribution in [2.75, 3.05) is 31.2 Å². The number of hydrogen-bond acceptors (Lipinski definition) is 7. The molecule has 1 fully saturated rings. The van der Waals surface area contributed by atoms with Crippen LogP contribution in [-0.2, 0) is 9.53 Å². The Bertz CT molecular complexity index is 1810. The van der Waals surface area contributed by atoms with Crippen LogP contribution in [0.4, 0.5) is 18.9 Å². The molecule has 6 rings (SSSR count). The van der Waals surface area contributed by atoms with Gasteiger partial charge in [0.1, 0.15) is 5.69 Å². The van der Waals surface area contributed by atoms with Gasteiger partial charge in [0, 0.05) is 24.0 Å². The van der Waals surface area contributed by atoms with Crippen molar-refractivity contribution in [3.63, 3.8) is 0 Å². The molecule has 5 aromatic rings. The van der Waals surface area contributed by atoms with Crippen LogP contribution in [0, 0.1) is 0 Å². The van der Waals surface area contributed by atoms with Crippen molar-refractivity contribution in [1.29, 1.82) is 0 Å². The van der Waals surface area contributed by atoms with Crippen LogP contribution < -0.4 is 4.90 Å². The van der Waals surface area contributed by atoms with Crippen molar-refractivity contribution in [2.45, 2.75) is 6.18 Å². The van der Waals surface area contributed by atoms with Crippen LogP contribution in [0.5, 0.6) is 0 Å². The second-order valence-electron chi connectivity index (χ2n) is 9.34. The number of benzene rings is 2. The summed E-state index contributed by atoms with van der Waals surface area (Å²) in [6.45, 7) is 2.89. The van der Waals surface area contributed by atoms with Crippen LogP contribution in [0.3, 0.4) is 0 Å². The molecule has 2 N–H and O–H groups in total. The summed E-state index contributed by atoms with van der Waals surface area (Å²) in [4.78, 5) is 32.3. The Morgan fingerprint density at radius 2 is 1.58 bits per heavy atom. The van der Waals surface area contributed by atoms with E-state index < -0.39 is 18.1 Å². The lowest BCUT2D eigenvalue weighted by atomic mass is 10.1. The molecule has 1 aliphatic rings. The average Bonchev–Trinajstić information content (AvgIpc) is 3.39. The van der Waals surface area contributed by atoms with Gasteiger partial charge in [-0.05, 0) is 42.5 Å². The Morgan fingerprint density at radius 1 is 0.884 bits per heavy atom. The van der Waals surface area contributed by atoms with Gasteiger partial charge in [0.05, 0.1) is 47.6 Å². The molecule has 3 aromatic heterocycles. The number of hydrogen-bond donors (Lipinski definition) is 2. The van der Waals surface area contributed by atoms with E-state index in [-0.39, 0.29) is 5.56 Å². The second-order valence-corrected chi connectivity index (χ2v) is 9.34. The van der Waals surface area contributed by atoms with Crippen LogP contribution in [0.1, 0.15) is 21.7 Å². The summed E-state index contributed by atoms with van der Waals surface area (Å²) in [7, 11) is 0. The SMILES string of the molecule is O=C(O)C(F)(F)F.O=C(O)c1ccc(-c2c(/C=C/c3ccc4ccccc4n3)nc3c(N4CCOCC4)ccnn23)cc1. The fourth-order valence-electron chi connectivity index (χ4n) is 4.50. The number of carbonyl (C=O) groups is 2. The van der Waals surface area contributed by atoms with E-state index in [1.165, 1.54) is 0 Å². The average molecular weight is 592 g/mol. The molecule has 0 unspecified atom stereocenters. The highest BCUT2D eigenvalue weighted by molar-refractivity contribution is 5.89. The smallest absolute Gasteiger partial charge is 0.478 e. The van der Waals surface area contributed by atoms with Crippen molar-refractivity contribution in [1.82, 2.24) is 19.6 Å². The van der Waals surface area contributed by atoms with Gasteiger partial charge in [-0.3, -0.25) is 0 Å². The van der Waals surface area contributed by atoms with Crippen LogP contribution in [-0.4, -0.2) is 74.2 Å². The van der Waals surface area contributed by atoms with E-state index in [1.54, 1.807) is 30.5 Å². The number of fused-ring (bicyclic) bond motifs is 2. The number of imidazole rings is 1. The van der Waals surface area contributed by atoms with Gasteiger partial charge in [0.15, 0.2) is 5.65 Å². The first-order valence-corrected chi connectivity index (χ1v) is 13.0. The molecular weight excluding hydrogens is 567 g/mol. The first kappa shape index (κ1) is 29.2. The zero-order valence-corrected chi connectivity index (χ0v) is 22.4. The standard InChI is InChI=1S/C28H23N5O3.C2HF3O2/c34-28(35)21-7-5-20(6-8-21)26-24(12-11-22-10-9-19-3-1-2-4-23(19)30-22)31-27-25(13-14-29-33(26)27)32-15-17-36-18-16-32;3-2(4,5)1(6)7/h1-14H,15-18H2,(H,34,35);(H,6,7)/b12-11+;. The normalized spacial score (nSPS) is 13.7. The van der Waals surface area contributed by atoms with Gasteiger partial charge in [-0.1, -0.05) is 36.4 Å². The number of aromatic nitrogens is 4. The quantitative estimate of drug-likeness (QED) is 0.280. The zero-order valence-electron chi connectivity index (χ0n) is 22.4. The number of aliphatic carboxylic acids is 1. The van der Waals surface area contributed by atoms with Crippen LogP contribution in [0.15, 0.2) is 72.9 Å². The van der Waals surface area contributed by atoms with Crippen molar-refractivity contribution in [2.24, 2.45) is 0 Å². The lowest BCUT2D eigenvalue weighted by Crippen LogP contribution is -2.36. The maximum absolute atomic E-state index is 11.4. The molecule has 0 bridgehead atoms. The second kappa shape index (κ2) is 12.3. The number of alkyl halides is 3. The van der Waals surface area contributed by atoms with Crippen molar-refractivity contribution in [3.05, 3.63) is 89.9 Å². The zero-order chi connectivity index (χ0) is 30.6. The Balaban J connectivity index is 0.000000472. The molecule has 0 aliphatic carbocycles. The summed E-state index contributed by atoms with van der Waals surface area (Å²) >= 11 is 0. The van der Waals surface area contributed by atoms with Crippen molar-refractivity contribution >= 4 is 46.3 Å². The maximum atomic E-state index is 11.4. The number of para-hydroxylation sites is 1. The van der Waals surface area contributed by atoms with Crippen LogP contribution in [0.25, 0.3) is 40.0 Å². The fraction of sp³-hybridized carbons (Fsp3) is 0.167. The molecule has 43 heavy (non-hydrogen) atoms. The minimum atomic E-state index is -5.08. The number of rotatable bonds is 5. The lowest BCUT2D eigenvalue weighted by molar-refractivity contribution is -0.192. The number of anilines is 1. The molecular formula is C30H24F3N5O5. The molecule has 4 heterocycles. The van der Waals surface area contributed by atoms with Gasteiger partial charge in [-0.15, -0.1) is 0 Å². The first-order chi connectivity index (χ1) is 20.6. The molecule has 13 heteroatoms. The third kappa shape index (κ3) is 6.62. The monoisotopic (exact) mass is 591 g/mol. The molecule has 0 atom stereocenters. The van der Waals surface area contributed by atoms with E-state index in [0.717, 1.165) is 58.0 Å². The van der Waals surface area contributed by atoms with Crippen LogP contribution >= 0.6 is 0 Å². The predicted octanol–water partition coefficient (Wildman–Crippen LogP) is 5.28. The van der Waals surface area contributed by atoms with Crippen molar-refractivity contribution in [3.8, 4) is 11.3 Å². The largest absolute Gasteiger partial charge is 0.490 e. The molecule has 1 saturated heterocycles. The van der Waals surface area contributed by atoms with Gasteiger partial charge in [0.25, 0.3) is 0 Å². The first-order valence-electron chi connectivity index (χ1n) is 13.0. The van der Waals surface area contributed by atoms with E-state index >= 15 is 0 Å². The number of morpholine rings is 1. The minimum Gasteiger partial charge on any atom is -0.478 e. The topological polar surface area (TPSA) is 130 Å². The fourth-order valence-corrected chi connectivity index (χ4v) is 4.50. The number of nitrogens with zero attached hydrogens (tertiary/aromatic N) is 5. The van der Waals surface area contributed by atoms with E-state index in [0.29, 0.717) is 13.2 Å².